The molecule has 2 rings (SSSR count). The fourth-order valence-corrected chi connectivity index (χ4v) is 4.07. The van der Waals surface area contributed by atoms with E-state index in [1.165, 1.54) is 7.11 Å². The van der Waals surface area contributed by atoms with E-state index >= 15 is 0 Å². The lowest BCUT2D eigenvalue weighted by Crippen LogP contribution is -2.45. The Morgan fingerprint density at radius 1 is 1.38 bits per heavy atom. The molecule has 0 heterocycles. The summed E-state index contributed by atoms with van der Waals surface area (Å²) in [4.78, 5) is 11.8. The molecular formula is C13H22O3. The van der Waals surface area contributed by atoms with Gasteiger partial charge in [-0.2, -0.15) is 0 Å². The zero-order valence-corrected chi connectivity index (χ0v) is 10.6. The van der Waals surface area contributed by atoms with Crippen LogP contribution in [0.5, 0.6) is 0 Å². The smallest absolute Gasteiger partial charge is 0.311 e. The van der Waals surface area contributed by atoms with Crippen LogP contribution in [-0.4, -0.2) is 23.8 Å². The van der Waals surface area contributed by atoms with Crippen LogP contribution in [0.3, 0.4) is 0 Å². The standard InChI is InChI=1S/C13H22O3/c1-8-5-6-10-12(2,3)7-9(11(14)16-4)13(8,10)15/h8-10,15H,5-7H2,1-4H3/t8-,9-,10+,13+/m1/s1. The third-order valence-corrected chi connectivity index (χ3v) is 4.95. The van der Waals surface area contributed by atoms with E-state index in [4.69, 9.17) is 4.74 Å². The highest BCUT2D eigenvalue weighted by atomic mass is 16.5. The number of carbonyl (C=O) groups excluding carboxylic acids is 1. The number of carbonyl (C=O) groups is 1. The molecule has 2 aliphatic rings. The Bertz CT molecular complexity index is 310. The Balaban J connectivity index is 2.38. The molecule has 3 heteroatoms. The van der Waals surface area contributed by atoms with Crippen LogP contribution < -0.4 is 0 Å². The minimum Gasteiger partial charge on any atom is -0.469 e. The highest BCUT2D eigenvalue weighted by Gasteiger charge is 2.65. The fourth-order valence-electron chi connectivity index (χ4n) is 4.07. The number of esters is 1. The van der Waals surface area contributed by atoms with E-state index in [1.54, 1.807) is 0 Å². The van der Waals surface area contributed by atoms with E-state index in [9.17, 15) is 9.90 Å². The van der Waals surface area contributed by atoms with Gasteiger partial charge >= 0.3 is 5.97 Å². The summed E-state index contributed by atoms with van der Waals surface area (Å²) in [6, 6.07) is 0. The van der Waals surface area contributed by atoms with Crippen molar-refractivity contribution in [1.82, 2.24) is 0 Å². The van der Waals surface area contributed by atoms with E-state index in [2.05, 4.69) is 20.8 Å². The van der Waals surface area contributed by atoms with Crippen LogP contribution in [-0.2, 0) is 9.53 Å². The van der Waals surface area contributed by atoms with Crippen molar-refractivity contribution in [2.45, 2.75) is 45.6 Å². The average Bonchev–Trinajstić information content (AvgIpc) is 2.62. The number of ether oxygens (including phenoxy) is 1. The van der Waals surface area contributed by atoms with Crippen molar-refractivity contribution in [2.75, 3.05) is 7.11 Å². The summed E-state index contributed by atoms with van der Waals surface area (Å²) < 4.78 is 4.85. The molecule has 0 unspecified atom stereocenters. The highest BCUT2D eigenvalue weighted by molar-refractivity contribution is 5.74. The summed E-state index contributed by atoms with van der Waals surface area (Å²) in [5, 5.41) is 10.9. The maximum absolute atomic E-state index is 11.8. The molecule has 0 amide bonds. The molecule has 2 fully saturated rings. The summed E-state index contributed by atoms with van der Waals surface area (Å²) in [6.07, 6.45) is 2.78. The van der Waals surface area contributed by atoms with Gasteiger partial charge in [-0.1, -0.05) is 20.8 Å². The number of hydrogen-bond donors (Lipinski definition) is 1. The lowest BCUT2D eigenvalue weighted by atomic mass is 9.76. The molecule has 2 aliphatic carbocycles. The van der Waals surface area contributed by atoms with Crippen LogP contribution in [0.2, 0.25) is 0 Å². The van der Waals surface area contributed by atoms with E-state index in [0.717, 1.165) is 19.3 Å². The van der Waals surface area contributed by atoms with Gasteiger partial charge in [0.15, 0.2) is 0 Å². The zero-order valence-electron chi connectivity index (χ0n) is 10.6. The quantitative estimate of drug-likeness (QED) is 0.695. The topological polar surface area (TPSA) is 46.5 Å². The molecule has 0 spiro atoms. The van der Waals surface area contributed by atoms with Gasteiger partial charge in [0.1, 0.15) is 0 Å². The predicted octanol–water partition coefficient (Wildman–Crippen LogP) is 1.98. The van der Waals surface area contributed by atoms with E-state index < -0.39 is 5.60 Å². The van der Waals surface area contributed by atoms with Gasteiger partial charge in [-0.15, -0.1) is 0 Å². The second-order valence-electron chi connectivity index (χ2n) is 6.19. The Morgan fingerprint density at radius 3 is 2.56 bits per heavy atom. The molecular weight excluding hydrogens is 204 g/mol. The maximum atomic E-state index is 11.8. The number of rotatable bonds is 1. The van der Waals surface area contributed by atoms with Crippen molar-refractivity contribution < 1.29 is 14.6 Å². The molecule has 0 saturated heterocycles. The lowest BCUT2D eigenvalue weighted by molar-refractivity contribution is -0.157. The predicted molar refractivity (Wildman–Crippen MR) is 60.7 cm³/mol. The van der Waals surface area contributed by atoms with Gasteiger partial charge in [0, 0.05) is 0 Å². The molecule has 3 nitrogen and oxygen atoms in total. The lowest BCUT2D eigenvalue weighted by Gasteiger charge is -2.34. The zero-order chi connectivity index (χ0) is 12.1. The molecule has 0 aromatic rings. The van der Waals surface area contributed by atoms with Gasteiger partial charge in [0.2, 0.25) is 0 Å². The summed E-state index contributed by atoms with van der Waals surface area (Å²) in [5.41, 5.74) is -0.797. The first-order valence-electron chi connectivity index (χ1n) is 6.14. The van der Waals surface area contributed by atoms with Crippen molar-refractivity contribution in [1.29, 1.82) is 0 Å². The van der Waals surface area contributed by atoms with Crippen LogP contribution in [0.1, 0.15) is 40.0 Å². The van der Waals surface area contributed by atoms with Crippen LogP contribution in [0.4, 0.5) is 0 Å². The average molecular weight is 226 g/mol. The summed E-state index contributed by atoms with van der Waals surface area (Å²) in [6.45, 7) is 6.37. The van der Waals surface area contributed by atoms with Crippen LogP contribution >= 0.6 is 0 Å². The number of hydrogen-bond acceptors (Lipinski definition) is 3. The van der Waals surface area contributed by atoms with Gasteiger partial charge in [-0.25, -0.2) is 0 Å². The van der Waals surface area contributed by atoms with Crippen molar-refractivity contribution in [2.24, 2.45) is 23.2 Å². The Morgan fingerprint density at radius 2 is 2.00 bits per heavy atom. The van der Waals surface area contributed by atoms with Crippen molar-refractivity contribution in [3.63, 3.8) is 0 Å². The summed E-state index contributed by atoms with van der Waals surface area (Å²) >= 11 is 0. The second kappa shape index (κ2) is 3.46. The number of aliphatic hydroxyl groups is 1. The van der Waals surface area contributed by atoms with Crippen LogP contribution in [0, 0.1) is 23.2 Å². The third-order valence-electron chi connectivity index (χ3n) is 4.95. The Hall–Kier alpha value is -0.570. The van der Waals surface area contributed by atoms with Crippen molar-refractivity contribution in [3.05, 3.63) is 0 Å². The first-order valence-corrected chi connectivity index (χ1v) is 6.14. The number of fused-ring (bicyclic) bond motifs is 1. The maximum Gasteiger partial charge on any atom is 0.311 e. The molecule has 0 radical (unpaired) electrons. The van der Waals surface area contributed by atoms with Crippen molar-refractivity contribution in [3.8, 4) is 0 Å². The molecule has 0 aromatic heterocycles. The number of methoxy groups -OCH3 is 1. The van der Waals surface area contributed by atoms with Gasteiger partial charge in [-0.3, -0.25) is 4.79 Å². The first-order chi connectivity index (χ1) is 7.34. The van der Waals surface area contributed by atoms with Crippen LogP contribution in [0.15, 0.2) is 0 Å². The van der Waals surface area contributed by atoms with E-state index in [-0.39, 0.29) is 29.1 Å². The molecule has 2 saturated carbocycles. The fraction of sp³-hybridized carbons (Fsp3) is 0.923. The Labute approximate surface area is 97.2 Å². The largest absolute Gasteiger partial charge is 0.469 e. The normalized spacial score (nSPS) is 45.4. The minimum absolute atomic E-state index is 0.0400. The van der Waals surface area contributed by atoms with E-state index in [1.807, 2.05) is 0 Å². The molecule has 4 atom stereocenters. The summed E-state index contributed by atoms with van der Waals surface area (Å²) in [7, 11) is 1.41. The van der Waals surface area contributed by atoms with Crippen LogP contribution in [0.25, 0.3) is 0 Å². The Kier molecular flexibility index (Phi) is 2.57. The first kappa shape index (κ1) is 11.9. The SMILES string of the molecule is COC(=O)[C@H]1CC(C)(C)[C@@H]2CC[C@@H](C)[C@]12O. The van der Waals surface area contributed by atoms with Crippen molar-refractivity contribution >= 4 is 5.97 Å². The molecule has 92 valence electrons. The third kappa shape index (κ3) is 1.33. The van der Waals surface area contributed by atoms with Gasteiger partial charge in [0.05, 0.1) is 18.6 Å². The molecule has 0 aliphatic heterocycles. The second-order valence-corrected chi connectivity index (χ2v) is 6.19. The summed E-state index contributed by atoms with van der Waals surface area (Å²) in [5.74, 6) is -0.149. The highest BCUT2D eigenvalue weighted by Crippen LogP contribution is 2.61. The molecule has 16 heavy (non-hydrogen) atoms. The van der Waals surface area contributed by atoms with Gasteiger partial charge < -0.3 is 9.84 Å². The van der Waals surface area contributed by atoms with E-state index in [0.29, 0.717) is 0 Å². The molecule has 0 bridgehead atoms. The molecule has 0 aromatic carbocycles. The minimum atomic E-state index is -0.837. The van der Waals surface area contributed by atoms with Gasteiger partial charge in [-0.05, 0) is 36.5 Å². The monoisotopic (exact) mass is 226 g/mol. The van der Waals surface area contributed by atoms with Gasteiger partial charge in [0.25, 0.3) is 0 Å². The molecule has 1 N–H and O–H groups in total.